The molecule has 0 aromatic carbocycles. The number of halogens is 2. The van der Waals surface area contributed by atoms with Gasteiger partial charge in [0, 0.05) is 59.1 Å². The zero-order chi connectivity index (χ0) is 15.4. The number of hydrogen-bond donors (Lipinski definition) is 1. The van der Waals surface area contributed by atoms with Crippen LogP contribution in [0.1, 0.15) is 19.3 Å². The molecule has 3 saturated heterocycles. The molecule has 2 N–H and O–H groups in total. The maximum atomic E-state index is 12.9. The fraction of sp³-hybridized carbons (Fsp3) is 0.938. The Bertz CT molecular complexity index is 381. The van der Waals surface area contributed by atoms with Crippen LogP contribution in [0.3, 0.4) is 0 Å². The van der Waals surface area contributed by atoms with E-state index in [2.05, 4.69) is 4.90 Å². The van der Waals surface area contributed by atoms with Crippen LogP contribution in [0.4, 0.5) is 0 Å². The minimum atomic E-state index is -0.375. The molecule has 3 rings (SSSR count). The normalized spacial score (nSPS) is 27.2. The van der Waals surface area contributed by atoms with Gasteiger partial charge in [-0.25, -0.2) is 0 Å². The monoisotopic (exact) mass is 383 g/mol. The largest absolute Gasteiger partial charge is 0.381 e. The van der Waals surface area contributed by atoms with E-state index in [1.807, 2.05) is 4.90 Å². The summed E-state index contributed by atoms with van der Waals surface area (Å²) >= 11 is 0. The highest BCUT2D eigenvalue weighted by Crippen LogP contribution is 2.32. The Hall–Kier alpha value is -0.110. The van der Waals surface area contributed by atoms with Crippen molar-refractivity contribution < 1.29 is 14.3 Å². The highest BCUT2D eigenvalue weighted by Gasteiger charge is 2.42. The Kier molecular flexibility index (Phi) is 9.27. The lowest BCUT2D eigenvalue weighted by molar-refractivity contribution is -0.149. The fourth-order valence-corrected chi connectivity index (χ4v) is 3.83. The predicted molar refractivity (Wildman–Crippen MR) is 98.0 cm³/mol. The molecule has 3 aliphatic heterocycles. The van der Waals surface area contributed by atoms with Gasteiger partial charge in [0.25, 0.3) is 0 Å². The highest BCUT2D eigenvalue weighted by molar-refractivity contribution is 5.85. The Morgan fingerprint density at radius 3 is 2.25 bits per heavy atom. The van der Waals surface area contributed by atoms with Gasteiger partial charge < -0.3 is 20.1 Å². The standard InChI is InChI=1S/C16H29N3O3.2ClH/c17-13-16(2-9-21-10-3-16)15(20)19-6-4-18(5-7-19)11-14-1-8-22-12-14;;/h14H,1-13,17H2;2*1H. The molecule has 8 heteroatoms. The number of carbonyl (C=O) groups is 1. The van der Waals surface area contributed by atoms with Gasteiger partial charge in [0.15, 0.2) is 0 Å². The number of nitrogens with zero attached hydrogens (tertiary/aromatic N) is 2. The maximum absolute atomic E-state index is 12.9. The Balaban J connectivity index is 0.00000144. The number of nitrogens with two attached hydrogens (primary N) is 1. The van der Waals surface area contributed by atoms with E-state index in [4.69, 9.17) is 15.2 Å². The lowest BCUT2D eigenvalue weighted by Crippen LogP contribution is -2.56. The van der Waals surface area contributed by atoms with E-state index in [0.717, 1.165) is 58.8 Å². The third-order valence-electron chi connectivity index (χ3n) is 5.49. The molecule has 3 fully saturated rings. The summed E-state index contributed by atoms with van der Waals surface area (Å²) in [5.41, 5.74) is 5.58. The quantitative estimate of drug-likeness (QED) is 0.776. The van der Waals surface area contributed by atoms with Gasteiger partial charge in [-0.05, 0) is 25.2 Å². The van der Waals surface area contributed by atoms with E-state index in [9.17, 15) is 4.79 Å². The molecule has 0 radical (unpaired) electrons. The van der Waals surface area contributed by atoms with E-state index in [1.54, 1.807) is 0 Å². The molecule has 3 aliphatic rings. The molecule has 0 saturated carbocycles. The second kappa shape index (κ2) is 10.1. The average Bonchev–Trinajstić information content (AvgIpc) is 3.08. The average molecular weight is 384 g/mol. The van der Waals surface area contributed by atoms with E-state index < -0.39 is 0 Å². The lowest BCUT2D eigenvalue weighted by atomic mass is 9.78. The van der Waals surface area contributed by atoms with Crippen LogP contribution < -0.4 is 5.73 Å². The van der Waals surface area contributed by atoms with Crippen molar-refractivity contribution in [2.75, 3.05) is 65.7 Å². The highest BCUT2D eigenvalue weighted by atomic mass is 35.5. The first-order valence-corrected chi connectivity index (χ1v) is 8.61. The van der Waals surface area contributed by atoms with Crippen molar-refractivity contribution in [3.63, 3.8) is 0 Å². The summed E-state index contributed by atoms with van der Waals surface area (Å²) in [5.74, 6) is 0.926. The second-order valence-electron chi connectivity index (χ2n) is 6.92. The van der Waals surface area contributed by atoms with Crippen molar-refractivity contribution in [2.45, 2.75) is 19.3 Å². The molecule has 0 spiro atoms. The summed E-state index contributed by atoms with van der Waals surface area (Å²) in [5, 5.41) is 0. The summed E-state index contributed by atoms with van der Waals surface area (Å²) in [7, 11) is 0. The first-order chi connectivity index (χ1) is 10.7. The molecule has 1 amide bonds. The zero-order valence-corrected chi connectivity index (χ0v) is 15.9. The molecule has 0 aromatic rings. The SMILES string of the molecule is Cl.Cl.NCC1(C(=O)N2CCN(CC3CCOC3)CC2)CCOCC1. The first kappa shape index (κ1) is 21.9. The third kappa shape index (κ3) is 4.96. The number of piperazine rings is 1. The van der Waals surface area contributed by atoms with E-state index >= 15 is 0 Å². The molecule has 24 heavy (non-hydrogen) atoms. The fourth-order valence-electron chi connectivity index (χ4n) is 3.83. The van der Waals surface area contributed by atoms with Gasteiger partial charge in [0.05, 0.1) is 12.0 Å². The van der Waals surface area contributed by atoms with E-state index in [1.165, 1.54) is 6.42 Å². The van der Waals surface area contributed by atoms with E-state index in [0.29, 0.717) is 25.7 Å². The number of amides is 1. The molecule has 3 heterocycles. The van der Waals surface area contributed by atoms with Crippen LogP contribution in [0.2, 0.25) is 0 Å². The van der Waals surface area contributed by atoms with Crippen LogP contribution in [-0.2, 0) is 14.3 Å². The maximum Gasteiger partial charge on any atom is 0.230 e. The first-order valence-electron chi connectivity index (χ1n) is 8.61. The zero-order valence-electron chi connectivity index (χ0n) is 14.3. The van der Waals surface area contributed by atoms with Gasteiger partial charge in [-0.1, -0.05) is 0 Å². The predicted octanol–water partition coefficient (Wildman–Crippen LogP) is 0.766. The number of ether oxygens (including phenoxy) is 2. The summed E-state index contributed by atoms with van der Waals surface area (Å²) in [6.07, 6.45) is 2.71. The second-order valence-corrected chi connectivity index (χ2v) is 6.92. The van der Waals surface area contributed by atoms with Gasteiger partial charge in [-0.15, -0.1) is 24.8 Å². The van der Waals surface area contributed by atoms with Crippen molar-refractivity contribution in [2.24, 2.45) is 17.1 Å². The molecule has 142 valence electrons. The summed E-state index contributed by atoms with van der Waals surface area (Å²) < 4.78 is 10.9. The smallest absolute Gasteiger partial charge is 0.230 e. The Morgan fingerprint density at radius 2 is 1.71 bits per heavy atom. The van der Waals surface area contributed by atoms with Crippen molar-refractivity contribution in [3.05, 3.63) is 0 Å². The minimum Gasteiger partial charge on any atom is -0.381 e. The number of rotatable bonds is 4. The molecular weight excluding hydrogens is 353 g/mol. The summed E-state index contributed by atoms with van der Waals surface area (Å²) in [4.78, 5) is 17.4. The van der Waals surface area contributed by atoms with Crippen molar-refractivity contribution in [1.82, 2.24) is 9.80 Å². The molecule has 0 aliphatic carbocycles. The van der Waals surface area contributed by atoms with Crippen LogP contribution in [0.25, 0.3) is 0 Å². The van der Waals surface area contributed by atoms with Crippen molar-refractivity contribution in [3.8, 4) is 0 Å². The van der Waals surface area contributed by atoms with Crippen LogP contribution in [0.5, 0.6) is 0 Å². The van der Waals surface area contributed by atoms with Crippen LogP contribution >= 0.6 is 24.8 Å². The van der Waals surface area contributed by atoms with Crippen molar-refractivity contribution in [1.29, 1.82) is 0 Å². The van der Waals surface area contributed by atoms with Gasteiger partial charge in [-0.3, -0.25) is 9.69 Å². The topological polar surface area (TPSA) is 68.0 Å². The summed E-state index contributed by atoms with van der Waals surface area (Å²) in [6, 6.07) is 0. The molecule has 0 bridgehead atoms. The third-order valence-corrected chi connectivity index (χ3v) is 5.49. The molecule has 0 aromatic heterocycles. The molecular formula is C16H31Cl2N3O3. The van der Waals surface area contributed by atoms with Crippen LogP contribution in [0, 0.1) is 11.3 Å². The minimum absolute atomic E-state index is 0. The van der Waals surface area contributed by atoms with Gasteiger partial charge in [-0.2, -0.15) is 0 Å². The van der Waals surface area contributed by atoms with Crippen LogP contribution in [0.15, 0.2) is 0 Å². The Labute approximate surface area is 157 Å². The molecule has 1 atom stereocenters. The van der Waals surface area contributed by atoms with Gasteiger partial charge >= 0.3 is 0 Å². The number of carbonyl (C=O) groups excluding carboxylic acids is 1. The molecule has 1 unspecified atom stereocenters. The van der Waals surface area contributed by atoms with Gasteiger partial charge in [0.2, 0.25) is 5.91 Å². The van der Waals surface area contributed by atoms with E-state index in [-0.39, 0.29) is 36.1 Å². The van der Waals surface area contributed by atoms with Gasteiger partial charge in [0.1, 0.15) is 0 Å². The Morgan fingerprint density at radius 1 is 1.04 bits per heavy atom. The summed E-state index contributed by atoms with van der Waals surface area (Å²) in [6.45, 7) is 8.27. The van der Waals surface area contributed by atoms with Crippen LogP contribution in [-0.4, -0.2) is 81.4 Å². The van der Waals surface area contributed by atoms with Crippen molar-refractivity contribution >= 4 is 30.7 Å². The number of hydrogen-bond acceptors (Lipinski definition) is 5. The molecule has 6 nitrogen and oxygen atoms in total. The lowest BCUT2D eigenvalue weighted by Gasteiger charge is -2.42.